The quantitative estimate of drug-likeness (QED) is 0.286. The summed E-state index contributed by atoms with van der Waals surface area (Å²) in [5.74, 6) is -0.569. The molecule has 2 bridgehead atoms. The van der Waals surface area contributed by atoms with Gasteiger partial charge in [0.25, 0.3) is 0 Å². The molecule has 1 aromatic heterocycles. The number of hydrogen-bond donors (Lipinski definition) is 3. The van der Waals surface area contributed by atoms with Gasteiger partial charge in [-0.15, -0.1) is 11.3 Å². The molecule has 52 heavy (non-hydrogen) atoms. The molecule has 5 aliphatic heterocycles. The van der Waals surface area contributed by atoms with Crippen molar-refractivity contribution in [2.24, 2.45) is 0 Å². The molecule has 4 N–H and O–H groups in total. The molecule has 3 atom stereocenters. The number of carbonyl (C=O) groups is 3. The standard InChI is InChI=1S/C34H42F6N8O3S/c1-44-16-23-15-22(44)17-47(23)20-2-7-45(8-3-20)30(49)27(14-19-12-24(33(35,36)37)29(41)25(13-19)34(38,39)40)43-31(50)46-9-4-21(5-10-46)48-18-28-26(6-11-52-28)42-32(48)51/h6,11-13,20-23,27H,2-5,7-10,14-18,41H2,1H3,(H,42,51)(H,43,50)/t22?,23?,27-/m1/s1. The van der Waals surface area contributed by atoms with Gasteiger partial charge >= 0.3 is 24.4 Å². The van der Waals surface area contributed by atoms with Gasteiger partial charge in [-0.05, 0) is 68.3 Å². The second-order valence-electron chi connectivity index (χ2n) is 14.6. The number of piperazine rings is 1. The summed E-state index contributed by atoms with van der Waals surface area (Å²) in [5.41, 5.74) is 0.974. The Balaban J connectivity index is 1.06. The van der Waals surface area contributed by atoms with Gasteiger partial charge in [0.15, 0.2) is 0 Å². The lowest BCUT2D eigenvalue weighted by Crippen LogP contribution is -2.58. The van der Waals surface area contributed by atoms with Crippen LogP contribution in [0.15, 0.2) is 23.6 Å². The predicted molar refractivity (Wildman–Crippen MR) is 181 cm³/mol. The first-order valence-corrected chi connectivity index (χ1v) is 18.5. The Morgan fingerprint density at radius 1 is 0.923 bits per heavy atom. The van der Waals surface area contributed by atoms with Crippen molar-refractivity contribution in [3.63, 3.8) is 0 Å². The third-order valence-corrected chi connectivity index (χ3v) is 12.3. The highest BCUT2D eigenvalue weighted by Crippen LogP contribution is 2.42. The van der Waals surface area contributed by atoms with Crippen LogP contribution in [0.2, 0.25) is 0 Å². The van der Waals surface area contributed by atoms with Gasteiger partial charge in [0.2, 0.25) is 5.91 Å². The van der Waals surface area contributed by atoms with Crippen LogP contribution in [0.1, 0.15) is 53.7 Å². The van der Waals surface area contributed by atoms with Crippen LogP contribution in [0.25, 0.3) is 0 Å². The van der Waals surface area contributed by atoms with Crippen molar-refractivity contribution >= 4 is 40.7 Å². The number of thiophene rings is 1. The molecule has 18 heteroatoms. The molecule has 5 aliphatic rings. The van der Waals surface area contributed by atoms with E-state index in [4.69, 9.17) is 5.73 Å². The van der Waals surface area contributed by atoms with E-state index in [1.165, 1.54) is 16.2 Å². The monoisotopic (exact) mass is 756 g/mol. The lowest BCUT2D eigenvalue weighted by molar-refractivity contribution is -0.141. The molecule has 11 nitrogen and oxygen atoms in total. The number of alkyl halides is 6. The zero-order chi connectivity index (χ0) is 37.1. The van der Waals surface area contributed by atoms with Gasteiger partial charge in [-0.25, -0.2) is 9.59 Å². The number of fused-ring (bicyclic) bond motifs is 3. The topological polar surface area (TPSA) is 117 Å². The van der Waals surface area contributed by atoms with Crippen LogP contribution in [-0.2, 0) is 30.1 Å². The second-order valence-corrected chi connectivity index (χ2v) is 15.6. The van der Waals surface area contributed by atoms with E-state index in [0.717, 1.165) is 30.1 Å². The number of likely N-dealkylation sites (N-methyl/N-ethyl adjacent to an activating group) is 1. The van der Waals surface area contributed by atoms with Crippen molar-refractivity contribution in [3.05, 3.63) is 45.1 Å². The summed E-state index contributed by atoms with van der Waals surface area (Å²) >= 11 is 1.53. The normalized spacial score (nSPS) is 24.3. The van der Waals surface area contributed by atoms with Gasteiger partial charge < -0.3 is 36.0 Å². The molecule has 0 spiro atoms. The number of nitrogens with two attached hydrogens (primary N) is 1. The van der Waals surface area contributed by atoms with Crippen molar-refractivity contribution in [3.8, 4) is 0 Å². The maximum Gasteiger partial charge on any atom is 0.418 e. The fourth-order valence-electron chi connectivity index (χ4n) is 8.62. The molecule has 5 amide bonds. The Hall–Kier alpha value is -3.77. The van der Waals surface area contributed by atoms with Crippen LogP contribution in [0.5, 0.6) is 0 Å². The van der Waals surface area contributed by atoms with E-state index in [0.29, 0.717) is 69.5 Å². The zero-order valence-electron chi connectivity index (χ0n) is 28.6. The molecule has 0 saturated carbocycles. The number of piperidine rings is 2. The third kappa shape index (κ3) is 7.25. The van der Waals surface area contributed by atoms with Gasteiger partial charge in [0.1, 0.15) is 6.04 Å². The summed E-state index contributed by atoms with van der Waals surface area (Å²) in [6.45, 7) is 3.53. The first-order chi connectivity index (χ1) is 24.6. The summed E-state index contributed by atoms with van der Waals surface area (Å²) in [5, 5.41) is 7.44. The summed E-state index contributed by atoms with van der Waals surface area (Å²) in [6, 6.07) is 1.63. The van der Waals surface area contributed by atoms with E-state index in [1.807, 2.05) is 11.4 Å². The predicted octanol–water partition coefficient (Wildman–Crippen LogP) is 4.88. The number of nitrogens with zero attached hydrogens (tertiary/aromatic N) is 5. The molecule has 0 aliphatic carbocycles. The highest BCUT2D eigenvalue weighted by Gasteiger charge is 2.46. The molecule has 1 aromatic carbocycles. The van der Waals surface area contributed by atoms with Crippen LogP contribution in [0.4, 0.5) is 47.3 Å². The van der Waals surface area contributed by atoms with Gasteiger partial charge in [0.05, 0.1) is 29.0 Å². The number of nitrogens with one attached hydrogen (secondary N) is 2. The molecule has 4 saturated heterocycles. The molecule has 7 rings (SSSR count). The smallest absolute Gasteiger partial charge is 0.398 e. The van der Waals surface area contributed by atoms with Gasteiger partial charge in [-0.2, -0.15) is 26.3 Å². The minimum absolute atomic E-state index is 0.152. The van der Waals surface area contributed by atoms with Crippen LogP contribution in [0, 0.1) is 0 Å². The Morgan fingerprint density at radius 3 is 2.12 bits per heavy atom. The first-order valence-electron chi connectivity index (χ1n) is 17.6. The van der Waals surface area contributed by atoms with Crippen LogP contribution >= 0.6 is 11.3 Å². The minimum atomic E-state index is -5.19. The second kappa shape index (κ2) is 13.9. The Morgan fingerprint density at radius 2 is 1.54 bits per heavy atom. The maximum atomic E-state index is 14.1. The average Bonchev–Trinajstić information content (AvgIpc) is 3.83. The molecule has 6 heterocycles. The highest BCUT2D eigenvalue weighted by atomic mass is 32.1. The van der Waals surface area contributed by atoms with Gasteiger partial charge in [-0.3, -0.25) is 9.69 Å². The van der Waals surface area contributed by atoms with Crippen molar-refractivity contribution in [1.82, 2.24) is 29.8 Å². The number of anilines is 2. The molecular formula is C34H42F6N8O3S. The van der Waals surface area contributed by atoms with E-state index in [-0.39, 0.29) is 31.2 Å². The molecule has 2 unspecified atom stereocenters. The Kier molecular flexibility index (Phi) is 9.78. The highest BCUT2D eigenvalue weighted by molar-refractivity contribution is 7.10. The fraction of sp³-hybridized carbons (Fsp3) is 0.618. The molecular weight excluding hydrogens is 714 g/mol. The summed E-state index contributed by atoms with van der Waals surface area (Å²) < 4.78 is 83.4. The van der Waals surface area contributed by atoms with E-state index in [9.17, 15) is 40.7 Å². The number of benzene rings is 1. The number of nitrogen functional groups attached to an aromatic ring is 1. The summed E-state index contributed by atoms with van der Waals surface area (Å²) in [7, 11) is 2.11. The van der Waals surface area contributed by atoms with Crippen molar-refractivity contribution in [1.29, 1.82) is 0 Å². The minimum Gasteiger partial charge on any atom is -0.398 e. The molecule has 284 valence electrons. The molecule has 2 aromatic rings. The lowest BCUT2D eigenvalue weighted by atomic mass is 9.96. The number of hydrogen-bond acceptors (Lipinski definition) is 7. The van der Waals surface area contributed by atoms with Gasteiger partial charge in [-0.1, -0.05) is 0 Å². The fourth-order valence-corrected chi connectivity index (χ4v) is 9.45. The van der Waals surface area contributed by atoms with E-state index >= 15 is 0 Å². The number of amides is 5. The Labute approximate surface area is 301 Å². The number of likely N-dealkylation sites (tertiary alicyclic amines) is 4. The molecule has 0 radical (unpaired) electrons. The summed E-state index contributed by atoms with van der Waals surface area (Å²) in [4.78, 5) is 51.1. The lowest BCUT2D eigenvalue weighted by Gasteiger charge is -2.43. The van der Waals surface area contributed by atoms with Crippen molar-refractivity contribution in [2.45, 2.75) is 87.6 Å². The van der Waals surface area contributed by atoms with Crippen LogP contribution in [0.3, 0.4) is 0 Å². The van der Waals surface area contributed by atoms with E-state index < -0.39 is 59.1 Å². The zero-order valence-corrected chi connectivity index (χ0v) is 29.4. The summed E-state index contributed by atoms with van der Waals surface area (Å²) in [6.07, 6.45) is -7.64. The number of rotatable bonds is 6. The van der Waals surface area contributed by atoms with Crippen molar-refractivity contribution in [2.75, 3.05) is 57.4 Å². The van der Waals surface area contributed by atoms with E-state index in [2.05, 4.69) is 27.5 Å². The largest absolute Gasteiger partial charge is 0.418 e. The maximum absolute atomic E-state index is 14.1. The molecule has 4 fully saturated rings. The van der Waals surface area contributed by atoms with Crippen LogP contribution in [-0.4, -0.2) is 119 Å². The Bertz CT molecular complexity index is 1650. The number of carbonyl (C=O) groups excluding carboxylic acids is 3. The van der Waals surface area contributed by atoms with E-state index in [1.54, 1.807) is 9.80 Å². The first kappa shape index (κ1) is 36.6. The van der Waals surface area contributed by atoms with Crippen LogP contribution < -0.4 is 16.4 Å². The number of halogens is 6. The average molecular weight is 757 g/mol. The van der Waals surface area contributed by atoms with Gasteiger partial charge in [0, 0.05) is 74.7 Å². The third-order valence-electron chi connectivity index (χ3n) is 11.4. The SMILES string of the molecule is CN1CC2CC1CN2C1CCN(C(=O)[C@@H](Cc2cc(C(F)(F)F)c(N)c(C(F)(F)F)c2)NC(=O)N2CCC(N3Cc4sccc4NC3=O)CC2)CC1. The number of urea groups is 2. The van der Waals surface area contributed by atoms with Crippen molar-refractivity contribution < 1.29 is 40.7 Å².